The van der Waals surface area contributed by atoms with E-state index >= 15 is 0 Å². The Bertz CT molecular complexity index is 640. The molecule has 4 unspecified atom stereocenters. The summed E-state index contributed by atoms with van der Waals surface area (Å²) in [6, 6.07) is 0.0332. The number of aliphatic hydroxyl groups excluding tert-OH is 2. The third kappa shape index (κ3) is 1.80. The highest BCUT2D eigenvalue weighted by Crippen LogP contribution is 2.46. The van der Waals surface area contributed by atoms with Crippen molar-refractivity contribution in [1.29, 1.82) is 0 Å². The molecule has 8 heteroatoms. The van der Waals surface area contributed by atoms with Gasteiger partial charge in [-0.1, -0.05) is 0 Å². The summed E-state index contributed by atoms with van der Waals surface area (Å²) < 4.78 is 1.87. The second-order valence-corrected chi connectivity index (χ2v) is 5.35. The molecule has 0 spiro atoms. The van der Waals surface area contributed by atoms with Gasteiger partial charge < -0.3 is 26.2 Å². The Balaban J connectivity index is 2.03. The zero-order valence-corrected chi connectivity index (χ0v) is 11.1. The maximum atomic E-state index is 9.90. The molecule has 20 heavy (non-hydrogen) atoms. The van der Waals surface area contributed by atoms with Crippen LogP contribution in [0.25, 0.3) is 11.2 Å². The van der Waals surface area contributed by atoms with Crippen molar-refractivity contribution in [3.63, 3.8) is 0 Å². The van der Waals surface area contributed by atoms with Crippen LogP contribution in [0.5, 0.6) is 0 Å². The SMILES string of the molecule is CC(O)C1C(CO)CC1n1cnc2c(N)nc(N)nc21. The molecule has 0 bridgehead atoms. The zero-order valence-electron chi connectivity index (χ0n) is 11.1. The monoisotopic (exact) mass is 278 g/mol. The van der Waals surface area contributed by atoms with Crippen molar-refractivity contribution in [3.8, 4) is 0 Å². The summed E-state index contributed by atoms with van der Waals surface area (Å²) >= 11 is 0. The molecule has 2 aromatic heterocycles. The first-order chi connectivity index (χ1) is 9.52. The second-order valence-electron chi connectivity index (χ2n) is 5.35. The third-order valence-corrected chi connectivity index (χ3v) is 4.15. The van der Waals surface area contributed by atoms with E-state index in [0.717, 1.165) is 6.42 Å². The number of rotatable bonds is 3. The summed E-state index contributed by atoms with van der Waals surface area (Å²) in [5, 5.41) is 19.2. The number of hydrogen-bond donors (Lipinski definition) is 4. The lowest BCUT2D eigenvalue weighted by molar-refractivity contribution is -0.0464. The van der Waals surface area contributed by atoms with Gasteiger partial charge in [0.1, 0.15) is 5.52 Å². The summed E-state index contributed by atoms with van der Waals surface area (Å²) in [5.41, 5.74) is 12.5. The molecule has 1 fully saturated rings. The van der Waals surface area contributed by atoms with E-state index in [0.29, 0.717) is 11.2 Å². The Labute approximate surface area is 115 Å². The van der Waals surface area contributed by atoms with Crippen LogP contribution in [0.3, 0.4) is 0 Å². The van der Waals surface area contributed by atoms with Crippen molar-refractivity contribution in [2.45, 2.75) is 25.5 Å². The van der Waals surface area contributed by atoms with Gasteiger partial charge in [0.2, 0.25) is 5.95 Å². The summed E-state index contributed by atoms with van der Waals surface area (Å²) in [6.45, 7) is 1.80. The van der Waals surface area contributed by atoms with Crippen LogP contribution in [0.2, 0.25) is 0 Å². The van der Waals surface area contributed by atoms with Crippen molar-refractivity contribution in [3.05, 3.63) is 6.33 Å². The molecule has 8 nitrogen and oxygen atoms in total. The van der Waals surface area contributed by atoms with Crippen molar-refractivity contribution in [2.24, 2.45) is 11.8 Å². The Morgan fingerprint density at radius 1 is 1.45 bits per heavy atom. The number of aliphatic hydroxyl groups is 2. The highest BCUT2D eigenvalue weighted by molar-refractivity contribution is 5.82. The molecule has 0 radical (unpaired) electrons. The number of nitrogens with two attached hydrogens (primary N) is 2. The molecule has 6 N–H and O–H groups in total. The first kappa shape index (κ1) is 13.1. The van der Waals surface area contributed by atoms with E-state index in [2.05, 4.69) is 15.0 Å². The van der Waals surface area contributed by atoms with Gasteiger partial charge in [-0.3, -0.25) is 0 Å². The van der Waals surface area contributed by atoms with Gasteiger partial charge >= 0.3 is 0 Å². The number of nitrogen functional groups attached to an aromatic ring is 2. The largest absolute Gasteiger partial charge is 0.396 e. The van der Waals surface area contributed by atoms with E-state index < -0.39 is 6.10 Å². The fourth-order valence-electron chi connectivity index (χ4n) is 3.15. The van der Waals surface area contributed by atoms with Crippen LogP contribution in [-0.2, 0) is 0 Å². The standard InChI is InChI=1S/C12H18N6O2/c1-5(20)8-6(3-19)2-7(8)18-4-15-9-10(13)16-12(14)17-11(9)18/h4-8,19-20H,2-3H2,1H3,(H4,13,14,16,17). The van der Waals surface area contributed by atoms with Crippen LogP contribution in [-0.4, -0.2) is 42.4 Å². The maximum absolute atomic E-state index is 9.90. The van der Waals surface area contributed by atoms with Crippen LogP contribution in [0.1, 0.15) is 19.4 Å². The lowest BCUT2D eigenvalue weighted by Crippen LogP contribution is -2.46. The van der Waals surface area contributed by atoms with E-state index in [9.17, 15) is 10.2 Å². The number of imidazole rings is 1. The molecule has 1 aliphatic carbocycles. The van der Waals surface area contributed by atoms with Crippen molar-refractivity contribution < 1.29 is 10.2 Å². The van der Waals surface area contributed by atoms with Crippen LogP contribution in [0, 0.1) is 11.8 Å². The van der Waals surface area contributed by atoms with E-state index in [1.165, 1.54) is 0 Å². The summed E-state index contributed by atoms with van der Waals surface area (Å²) in [5.74, 6) is 0.407. The molecule has 2 heterocycles. The first-order valence-electron chi connectivity index (χ1n) is 6.57. The maximum Gasteiger partial charge on any atom is 0.224 e. The Morgan fingerprint density at radius 3 is 2.85 bits per heavy atom. The minimum atomic E-state index is -0.514. The van der Waals surface area contributed by atoms with Gasteiger partial charge in [-0.15, -0.1) is 0 Å². The Morgan fingerprint density at radius 2 is 2.20 bits per heavy atom. The first-order valence-corrected chi connectivity index (χ1v) is 6.57. The molecule has 1 aliphatic rings. The van der Waals surface area contributed by atoms with Crippen molar-refractivity contribution >= 4 is 22.9 Å². The molecule has 1 saturated carbocycles. The van der Waals surface area contributed by atoms with Crippen LogP contribution < -0.4 is 11.5 Å². The number of fused-ring (bicyclic) bond motifs is 1. The average Bonchev–Trinajstić information content (AvgIpc) is 2.71. The smallest absolute Gasteiger partial charge is 0.224 e. The number of hydrogen-bond acceptors (Lipinski definition) is 7. The highest BCUT2D eigenvalue weighted by Gasteiger charge is 2.45. The molecule has 0 aromatic carbocycles. The minimum Gasteiger partial charge on any atom is -0.396 e. The predicted molar refractivity (Wildman–Crippen MR) is 73.5 cm³/mol. The van der Waals surface area contributed by atoms with Gasteiger partial charge in [0.15, 0.2) is 11.5 Å². The molecule has 108 valence electrons. The summed E-state index contributed by atoms with van der Waals surface area (Å²) in [7, 11) is 0. The third-order valence-electron chi connectivity index (χ3n) is 4.15. The average molecular weight is 278 g/mol. The van der Waals surface area contributed by atoms with E-state index in [1.54, 1.807) is 13.3 Å². The van der Waals surface area contributed by atoms with Crippen LogP contribution in [0.15, 0.2) is 6.33 Å². The van der Waals surface area contributed by atoms with Gasteiger partial charge in [0.05, 0.1) is 12.4 Å². The van der Waals surface area contributed by atoms with Crippen LogP contribution in [0.4, 0.5) is 11.8 Å². The Hall–Kier alpha value is -1.93. The van der Waals surface area contributed by atoms with Gasteiger partial charge in [-0.2, -0.15) is 9.97 Å². The molecular weight excluding hydrogens is 260 g/mol. The van der Waals surface area contributed by atoms with Crippen LogP contribution >= 0.6 is 0 Å². The highest BCUT2D eigenvalue weighted by atomic mass is 16.3. The Kier molecular flexibility index (Phi) is 2.98. The predicted octanol–water partition coefficient (Wildman–Crippen LogP) is -0.459. The van der Waals surface area contributed by atoms with E-state index in [1.807, 2.05) is 4.57 Å². The quantitative estimate of drug-likeness (QED) is 0.596. The normalized spacial score (nSPS) is 27.4. The number of nitrogens with zero attached hydrogens (tertiary/aromatic N) is 4. The summed E-state index contributed by atoms with van der Waals surface area (Å²) in [4.78, 5) is 12.3. The number of anilines is 2. The molecule has 0 saturated heterocycles. The molecule has 3 rings (SSSR count). The molecule has 0 aliphatic heterocycles. The second kappa shape index (κ2) is 4.57. The molecule has 0 amide bonds. The van der Waals surface area contributed by atoms with E-state index in [4.69, 9.17) is 11.5 Å². The van der Waals surface area contributed by atoms with Gasteiger partial charge in [0.25, 0.3) is 0 Å². The van der Waals surface area contributed by atoms with Crippen molar-refractivity contribution in [1.82, 2.24) is 19.5 Å². The topological polar surface area (TPSA) is 136 Å². The lowest BCUT2D eigenvalue weighted by atomic mass is 9.67. The minimum absolute atomic E-state index is 0.0326. The number of aromatic nitrogens is 4. The van der Waals surface area contributed by atoms with Crippen molar-refractivity contribution in [2.75, 3.05) is 18.1 Å². The van der Waals surface area contributed by atoms with Gasteiger partial charge in [-0.25, -0.2) is 4.98 Å². The van der Waals surface area contributed by atoms with E-state index in [-0.39, 0.29) is 36.3 Å². The molecule has 4 atom stereocenters. The van der Waals surface area contributed by atoms with Gasteiger partial charge in [-0.05, 0) is 19.3 Å². The molecular formula is C12H18N6O2. The summed E-state index contributed by atoms with van der Waals surface area (Å²) in [6.07, 6.45) is 1.89. The lowest BCUT2D eigenvalue weighted by Gasteiger charge is -2.46. The fourth-order valence-corrected chi connectivity index (χ4v) is 3.15. The van der Waals surface area contributed by atoms with Gasteiger partial charge in [0, 0.05) is 18.6 Å². The molecule has 2 aromatic rings. The zero-order chi connectivity index (χ0) is 14.4. The fraction of sp³-hybridized carbons (Fsp3) is 0.583.